The van der Waals surface area contributed by atoms with Crippen LogP contribution in [0.2, 0.25) is 0 Å². The zero-order valence-corrected chi connectivity index (χ0v) is 15.0. The lowest BCUT2D eigenvalue weighted by Gasteiger charge is -2.61. The first-order chi connectivity index (χ1) is 10.5. The third-order valence-corrected chi connectivity index (χ3v) is 9.34. The third-order valence-electron chi connectivity index (χ3n) is 9.34. The smallest absolute Gasteiger partial charge is 0.0464 e. The second-order valence-corrected chi connectivity index (χ2v) is 10.0. The summed E-state index contributed by atoms with van der Waals surface area (Å²) in [6.07, 6.45) is 13.0. The summed E-state index contributed by atoms with van der Waals surface area (Å²) in [5.41, 5.74) is 1.11. The van der Waals surface area contributed by atoms with Gasteiger partial charge in [-0.25, -0.2) is 0 Å². The van der Waals surface area contributed by atoms with Gasteiger partial charge < -0.3 is 5.11 Å². The molecule has 126 valence electrons. The Labute approximate surface area is 137 Å². The van der Waals surface area contributed by atoms with Gasteiger partial charge in [0, 0.05) is 6.61 Å². The van der Waals surface area contributed by atoms with Gasteiger partial charge in [0.1, 0.15) is 0 Å². The normalized spacial score (nSPS) is 57.8. The van der Waals surface area contributed by atoms with E-state index in [-0.39, 0.29) is 0 Å². The maximum absolute atomic E-state index is 9.83. The quantitative estimate of drug-likeness (QED) is 0.699. The lowest BCUT2D eigenvalue weighted by atomic mass is 9.44. The van der Waals surface area contributed by atoms with Crippen LogP contribution in [-0.4, -0.2) is 11.7 Å². The SMILES string of the molecule is C[C@H]1CC[C@@]2(C)C(CC[C@@H]3C2CC[C@@]2(C)C3CC[C@@H]2CO)C1. The molecule has 0 radical (unpaired) electrons. The molecular formula is C21H36O. The average Bonchev–Trinajstić information content (AvgIpc) is 2.84. The first kappa shape index (κ1) is 15.5. The summed E-state index contributed by atoms with van der Waals surface area (Å²) >= 11 is 0. The Bertz CT molecular complexity index is 432. The van der Waals surface area contributed by atoms with E-state index in [0.717, 1.165) is 29.6 Å². The van der Waals surface area contributed by atoms with E-state index in [4.69, 9.17) is 0 Å². The van der Waals surface area contributed by atoms with E-state index in [1.807, 2.05) is 0 Å². The maximum atomic E-state index is 9.83. The molecule has 0 spiro atoms. The second kappa shape index (κ2) is 5.23. The molecule has 0 aromatic carbocycles. The van der Waals surface area contributed by atoms with Gasteiger partial charge in [-0.05, 0) is 97.7 Å². The molecule has 0 aromatic rings. The van der Waals surface area contributed by atoms with Crippen molar-refractivity contribution in [2.24, 2.45) is 46.3 Å². The van der Waals surface area contributed by atoms with E-state index < -0.39 is 0 Å². The highest BCUT2D eigenvalue weighted by Gasteiger charge is 2.59. The average molecular weight is 305 g/mol. The highest BCUT2D eigenvalue weighted by atomic mass is 16.3. The van der Waals surface area contributed by atoms with E-state index >= 15 is 0 Å². The molecule has 0 aromatic heterocycles. The van der Waals surface area contributed by atoms with E-state index in [1.54, 1.807) is 0 Å². The molecule has 22 heavy (non-hydrogen) atoms. The second-order valence-electron chi connectivity index (χ2n) is 10.0. The molecule has 1 N–H and O–H groups in total. The molecule has 3 unspecified atom stereocenters. The van der Waals surface area contributed by atoms with Gasteiger partial charge >= 0.3 is 0 Å². The first-order valence-electron chi connectivity index (χ1n) is 10.1. The number of rotatable bonds is 1. The highest BCUT2D eigenvalue weighted by Crippen LogP contribution is 2.67. The minimum absolute atomic E-state index is 0.432. The van der Waals surface area contributed by atoms with Gasteiger partial charge in [-0.15, -0.1) is 0 Å². The number of fused-ring (bicyclic) bond motifs is 5. The van der Waals surface area contributed by atoms with Crippen LogP contribution in [0, 0.1) is 46.3 Å². The molecule has 8 atom stereocenters. The Kier molecular flexibility index (Phi) is 3.68. The summed E-state index contributed by atoms with van der Waals surface area (Å²) in [7, 11) is 0. The van der Waals surface area contributed by atoms with Crippen LogP contribution in [-0.2, 0) is 0 Å². The standard InChI is InChI=1S/C21H36O/c1-14-8-10-20(2)15(12-14)4-6-17-18-7-5-16(13-22)21(18,3)11-9-19(17)20/h14-19,22H,4-13H2,1-3H3/t14-,15?,16+,17-,18?,19?,20-,21+/m0/s1. The fraction of sp³-hybridized carbons (Fsp3) is 1.00. The zero-order chi connectivity index (χ0) is 15.5. The van der Waals surface area contributed by atoms with E-state index in [9.17, 15) is 5.11 Å². The highest BCUT2D eigenvalue weighted by molar-refractivity contribution is 5.08. The van der Waals surface area contributed by atoms with Crippen LogP contribution in [0.5, 0.6) is 0 Å². The van der Waals surface area contributed by atoms with Gasteiger partial charge in [0.2, 0.25) is 0 Å². The minimum Gasteiger partial charge on any atom is -0.396 e. The number of aliphatic hydroxyl groups excluding tert-OH is 1. The van der Waals surface area contributed by atoms with Crippen molar-refractivity contribution < 1.29 is 5.11 Å². The minimum atomic E-state index is 0.432. The fourth-order valence-electron chi connectivity index (χ4n) is 7.88. The Hall–Kier alpha value is -0.0400. The van der Waals surface area contributed by atoms with Crippen molar-refractivity contribution in [3.05, 3.63) is 0 Å². The van der Waals surface area contributed by atoms with Gasteiger partial charge in [-0.2, -0.15) is 0 Å². The van der Waals surface area contributed by atoms with Crippen molar-refractivity contribution in [1.29, 1.82) is 0 Å². The monoisotopic (exact) mass is 304 g/mol. The molecule has 0 heterocycles. The Balaban J connectivity index is 1.61. The Morgan fingerprint density at radius 2 is 1.59 bits per heavy atom. The van der Waals surface area contributed by atoms with E-state index in [2.05, 4.69) is 20.8 Å². The van der Waals surface area contributed by atoms with Crippen LogP contribution in [0.3, 0.4) is 0 Å². The van der Waals surface area contributed by atoms with Crippen LogP contribution in [0.1, 0.15) is 78.6 Å². The first-order valence-corrected chi connectivity index (χ1v) is 10.1. The predicted molar refractivity (Wildman–Crippen MR) is 91.5 cm³/mol. The van der Waals surface area contributed by atoms with Crippen molar-refractivity contribution >= 4 is 0 Å². The van der Waals surface area contributed by atoms with Crippen molar-refractivity contribution in [3.63, 3.8) is 0 Å². The Morgan fingerprint density at radius 1 is 0.864 bits per heavy atom. The Morgan fingerprint density at radius 3 is 2.36 bits per heavy atom. The van der Waals surface area contributed by atoms with E-state index in [1.165, 1.54) is 57.8 Å². The van der Waals surface area contributed by atoms with Crippen LogP contribution in [0.15, 0.2) is 0 Å². The van der Waals surface area contributed by atoms with Gasteiger partial charge in [0.05, 0.1) is 0 Å². The predicted octanol–water partition coefficient (Wildman–Crippen LogP) is 5.27. The van der Waals surface area contributed by atoms with Crippen LogP contribution >= 0.6 is 0 Å². The molecule has 1 heteroatoms. The third kappa shape index (κ3) is 2.00. The maximum Gasteiger partial charge on any atom is 0.0464 e. The molecule has 4 aliphatic carbocycles. The molecule has 0 aliphatic heterocycles. The molecule has 0 amide bonds. The van der Waals surface area contributed by atoms with Gasteiger partial charge in [-0.3, -0.25) is 0 Å². The summed E-state index contributed by atoms with van der Waals surface area (Å²) in [6.45, 7) is 8.11. The number of aliphatic hydroxyl groups is 1. The fourth-order valence-corrected chi connectivity index (χ4v) is 7.88. The summed E-state index contributed by atoms with van der Waals surface area (Å²) in [6, 6.07) is 0. The topological polar surface area (TPSA) is 20.2 Å². The lowest BCUT2D eigenvalue weighted by Crippen LogP contribution is -2.53. The largest absolute Gasteiger partial charge is 0.396 e. The molecule has 0 saturated heterocycles. The number of hydrogen-bond donors (Lipinski definition) is 1. The summed E-state index contributed by atoms with van der Waals surface area (Å²) in [5.74, 6) is 5.46. The van der Waals surface area contributed by atoms with Crippen molar-refractivity contribution in [2.45, 2.75) is 78.6 Å². The summed E-state index contributed by atoms with van der Waals surface area (Å²) in [4.78, 5) is 0. The summed E-state index contributed by atoms with van der Waals surface area (Å²) in [5, 5.41) is 9.83. The van der Waals surface area contributed by atoms with Crippen LogP contribution in [0.25, 0.3) is 0 Å². The van der Waals surface area contributed by atoms with Crippen LogP contribution < -0.4 is 0 Å². The van der Waals surface area contributed by atoms with Gasteiger partial charge in [-0.1, -0.05) is 27.2 Å². The molecular weight excluding hydrogens is 268 g/mol. The number of hydrogen-bond acceptors (Lipinski definition) is 1. The van der Waals surface area contributed by atoms with Crippen molar-refractivity contribution in [1.82, 2.24) is 0 Å². The van der Waals surface area contributed by atoms with E-state index in [0.29, 0.717) is 23.4 Å². The molecule has 4 aliphatic rings. The molecule has 1 nitrogen and oxygen atoms in total. The van der Waals surface area contributed by atoms with Gasteiger partial charge in [0.25, 0.3) is 0 Å². The molecule has 4 fully saturated rings. The molecule has 0 bridgehead atoms. The summed E-state index contributed by atoms with van der Waals surface area (Å²) < 4.78 is 0. The molecule has 4 rings (SSSR count). The van der Waals surface area contributed by atoms with Gasteiger partial charge in [0.15, 0.2) is 0 Å². The zero-order valence-electron chi connectivity index (χ0n) is 15.0. The molecule has 4 saturated carbocycles. The van der Waals surface area contributed by atoms with Crippen molar-refractivity contribution in [3.8, 4) is 0 Å². The van der Waals surface area contributed by atoms with Crippen LogP contribution in [0.4, 0.5) is 0 Å². The lowest BCUT2D eigenvalue weighted by molar-refractivity contribution is -0.119. The van der Waals surface area contributed by atoms with Crippen molar-refractivity contribution in [2.75, 3.05) is 6.61 Å².